The number of aromatic nitrogens is 2. The normalized spacial score (nSPS) is 13.0. The average Bonchev–Trinajstić information content (AvgIpc) is 3.08. The van der Waals surface area contributed by atoms with Crippen LogP contribution in [-0.2, 0) is 14.8 Å². The van der Waals surface area contributed by atoms with Crippen LogP contribution in [0.5, 0.6) is 5.75 Å². The lowest BCUT2D eigenvalue weighted by Gasteiger charge is -2.19. The maximum Gasteiger partial charge on any atom is 0.262 e. The highest BCUT2D eigenvalue weighted by Crippen LogP contribution is 2.32. The first-order chi connectivity index (χ1) is 13.9. The van der Waals surface area contributed by atoms with Crippen LogP contribution in [0.2, 0.25) is 0 Å². The fraction of sp³-hybridized carbons (Fsp3) is 0.0556. The van der Waals surface area contributed by atoms with E-state index in [0.717, 1.165) is 0 Å². The standard InChI is InChI=1S/C18H14N6O4S/c19-8-11-9-21-24(18(11)20)15-4-2-1-3-13(15)23-29(26,27)12-5-6-16-14(7-12)22-17(25)10-28-16/h1-7,9,23H,10,20H2,(H,22,25). The molecule has 0 unspecified atom stereocenters. The van der Waals surface area contributed by atoms with Gasteiger partial charge >= 0.3 is 0 Å². The first-order valence-corrected chi connectivity index (χ1v) is 9.80. The van der Waals surface area contributed by atoms with Gasteiger partial charge in [-0.05, 0) is 30.3 Å². The van der Waals surface area contributed by atoms with Crippen molar-refractivity contribution in [3.05, 3.63) is 54.2 Å². The summed E-state index contributed by atoms with van der Waals surface area (Å²) < 4.78 is 34.9. The predicted octanol–water partition coefficient (Wildman–Crippen LogP) is 1.46. The van der Waals surface area contributed by atoms with Crippen LogP contribution in [0.4, 0.5) is 17.2 Å². The Morgan fingerprint density at radius 2 is 2.07 bits per heavy atom. The third-order valence-corrected chi connectivity index (χ3v) is 5.56. The minimum Gasteiger partial charge on any atom is -0.482 e. The molecule has 4 rings (SSSR count). The Kier molecular flexibility index (Phi) is 4.33. The zero-order chi connectivity index (χ0) is 20.6. The van der Waals surface area contributed by atoms with Crippen molar-refractivity contribution in [1.82, 2.24) is 9.78 Å². The first-order valence-electron chi connectivity index (χ1n) is 8.31. The number of ether oxygens (including phenoxy) is 1. The van der Waals surface area contributed by atoms with E-state index in [0.29, 0.717) is 11.4 Å². The molecule has 2 heterocycles. The zero-order valence-electron chi connectivity index (χ0n) is 14.8. The summed E-state index contributed by atoms with van der Waals surface area (Å²) in [6, 6.07) is 12.6. The maximum atomic E-state index is 12.9. The summed E-state index contributed by atoms with van der Waals surface area (Å²) in [6.45, 7) is -0.124. The third-order valence-electron chi connectivity index (χ3n) is 4.20. The molecule has 10 nitrogen and oxygen atoms in total. The minimum absolute atomic E-state index is 0.0667. The van der Waals surface area contributed by atoms with Crippen molar-refractivity contribution in [3.63, 3.8) is 0 Å². The number of nitrogens with zero attached hydrogens (tertiary/aromatic N) is 3. The van der Waals surface area contributed by atoms with Crippen molar-refractivity contribution in [2.24, 2.45) is 0 Å². The lowest BCUT2D eigenvalue weighted by molar-refractivity contribution is -0.118. The Morgan fingerprint density at radius 1 is 1.28 bits per heavy atom. The van der Waals surface area contributed by atoms with E-state index >= 15 is 0 Å². The highest BCUT2D eigenvalue weighted by Gasteiger charge is 2.22. The van der Waals surface area contributed by atoms with Crippen molar-refractivity contribution in [2.75, 3.05) is 22.4 Å². The number of benzene rings is 2. The van der Waals surface area contributed by atoms with Crippen molar-refractivity contribution >= 4 is 33.1 Å². The van der Waals surface area contributed by atoms with Gasteiger partial charge in [-0.2, -0.15) is 10.4 Å². The van der Waals surface area contributed by atoms with Gasteiger partial charge in [0.15, 0.2) is 6.61 Å². The Bertz CT molecular complexity index is 1280. The molecular formula is C18H14N6O4S. The molecule has 11 heteroatoms. The predicted molar refractivity (Wildman–Crippen MR) is 104 cm³/mol. The summed E-state index contributed by atoms with van der Waals surface area (Å²) in [7, 11) is -4.01. The van der Waals surface area contributed by atoms with E-state index in [9.17, 15) is 13.2 Å². The van der Waals surface area contributed by atoms with Crippen LogP contribution in [0.1, 0.15) is 5.56 Å². The number of carbonyl (C=O) groups is 1. The molecule has 4 N–H and O–H groups in total. The molecule has 1 aliphatic rings. The van der Waals surface area contributed by atoms with E-state index in [4.69, 9.17) is 15.7 Å². The molecule has 29 heavy (non-hydrogen) atoms. The Labute approximate surface area is 165 Å². The number of amides is 1. The summed E-state index contributed by atoms with van der Waals surface area (Å²) >= 11 is 0. The minimum atomic E-state index is -4.01. The van der Waals surface area contributed by atoms with Gasteiger partial charge in [0, 0.05) is 0 Å². The van der Waals surface area contributed by atoms with Gasteiger partial charge in [0.05, 0.1) is 28.2 Å². The second-order valence-electron chi connectivity index (χ2n) is 6.08. The number of nitriles is 1. The smallest absolute Gasteiger partial charge is 0.262 e. The van der Waals surface area contributed by atoms with Crippen molar-refractivity contribution in [3.8, 4) is 17.5 Å². The van der Waals surface area contributed by atoms with Gasteiger partial charge in [-0.3, -0.25) is 9.52 Å². The maximum absolute atomic E-state index is 12.9. The van der Waals surface area contributed by atoms with Crippen molar-refractivity contribution in [2.45, 2.75) is 4.90 Å². The van der Waals surface area contributed by atoms with Crippen molar-refractivity contribution in [1.29, 1.82) is 5.26 Å². The van der Waals surface area contributed by atoms with E-state index in [-0.39, 0.29) is 40.2 Å². The van der Waals surface area contributed by atoms with Gasteiger partial charge in [0.1, 0.15) is 23.2 Å². The fourth-order valence-electron chi connectivity index (χ4n) is 2.81. The zero-order valence-corrected chi connectivity index (χ0v) is 15.6. The molecule has 0 bridgehead atoms. The number of anilines is 3. The summed E-state index contributed by atoms with van der Waals surface area (Å²) in [5.41, 5.74) is 6.93. The first kappa shape index (κ1) is 18.3. The van der Waals surface area contributed by atoms with Gasteiger partial charge in [0.25, 0.3) is 15.9 Å². The molecule has 0 fully saturated rings. The number of rotatable bonds is 4. The topological polar surface area (TPSA) is 152 Å². The molecule has 0 spiro atoms. The highest BCUT2D eigenvalue weighted by molar-refractivity contribution is 7.92. The Hall–Kier alpha value is -4.04. The summed E-state index contributed by atoms with van der Waals surface area (Å²) in [5, 5.41) is 15.7. The van der Waals surface area contributed by atoms with E-state index in [1.165, 1.54) is 29.1 Å². The lowest BCUT2D eigenvalue weighted by atomic mass is 10.2. The van der Waals surface area contributed by atoms with Gasteiger partial charge in [-0.25, -0.2) is 13.1 Å². The Balaban J connectivity index is 1.71. The summed E-state index contributed by atoms with van der Waals surface area (Å²) in [4.78, 5) is 11.4. The number of sulfonamides is 1. The molecule has 1 aliphatic heterocycles. The quantitative estimate of drug-likeness (QED) is 0.588. The number of nitrogens with one attached hydrogen (secondary N) is 2. The molecule has 0 radical (unpaired) electrons. The number of carbonyl (C=O) groups excluding carboxylic acids is 1. The molecule has 1 aromatic heterocycles. The highest BCUT2D eigenvalue weighted by atomic mass is 32.2. The van der Waals surface area contributed by atoms with Crippen LogP contribution in [-0.4, -0.2) is 30.7 Å². The molecule has 3 aromatic rings. The second kappa shape index (κ2) is 6.84. The van der Waals surface area contributed by atoms with Crippen LogP contribution >= 0.6 is 0 Å². The molecule has 146 valence electrons. The van der Waals surface area contributed by atoms with Crippen molar-refractivity contribution < 1.29 is 17.9 Å². The molecule has 0 saturated heterocycles. The number of hydrogen-bond donors (Lipinski definition) is 3. The van der Waals surface area contributed by atoms with E-state index in [2.05, 4.69) is 15.1 Å². The molecule has 0 atom stereocenters. The Morgan fingerprint density at radius 3 is 2.83 bits per heavy atom. The molecular weight excluding hydrogens is 396 g/mol. The fourth-order valence-corrected chi connectivity index (χ4v) is 3.91. The lowest BCUT2D eigenvalue weighted by Crippen LogP contribution is -2.25. The number of hydrogen-bond acceptors (Lipinski definition) is 7. The third kappa shape index (κ3) is 3.32. The monoisotopic (exact) mass is 410 g/mol. The number of nitrogens with two attached hydrogens (primary N) is 1. The van der Waals surface area contributed by atoms with E-state index in [1.54, 1.807) is 24.3 Å². The molecule has 1 amide bonds. The number of para-hydroxylation sites is 2. The number of fused-ring (bicyclic) bond motifs is 1. The van der Waals surface area contributed by atoms with Crippen LogP contribution in [0.25, 0.3) is 5.69 Å². The summed E-state index contributed by atoms with van der Waals surface area (Å²) in [5.74, 6) is 0.109. The SMILES string of the molecule is N#Cc1cnn(-c2ccccc2NS(=O)(=O)c2ccc3c(c2)NC(=O)CO3)c1N. The van der Waals surface area contributed by atoms with Crippen LogP contribution in [0.3, 0.4) is 0 Å². The number of nitrogen functional groups attached to an aromatic ring is 1. The molecule has 0 aliphatic carbocycles. The van der Waals surface area contributed by atoms with Gasteiger partial charge in [-0.15, -0.1) is 0 Å². The van der Waals surface area contributed by atoms with Crippen LogP contribution in [0.15, 0.2) is 53.6 Å². The van der Waals surface area contributed by atoms with Gasteiger partial charge < -0.3 is 15.8 Å². The molecule has 2 aromatic carbocycles. The van der Waals surface area contributed by atoms with Gasteiger partial charge in [-0.1, -0.05) is 12.1 Å². The van der Waals surface area contributed by atoms with Gasteiger partial charge in [0.2, 0.25) is 0 Å². The second-order valence-corrected chi connectivity index (χ2v) is 7.77. The average molecular weight is 410 g/mol. The van der Waals surface area contributed by atoms with Crippen LogP contribution in [0, 0.1) is 11.3 Å². The van der Waals surface area contributed by atoms with Crippen LogP contribution < -0.4 is 20.5 Å². The largest absolute Gasteiger partial charge is 0.482 e. The summed E-state index contributed by atoms with van der Waals surface area (Å²) in [6.07, 6.45) is 1.30. The molecule has 0 saturated carbocycles. The van der Waals surface area contributed by atoms with E-state index < -0.39 is 10.0 Å². The van der Waals surface area contributed by atoms with E-state index in [1.807, 2.05) is 6.07 Å².